The number of nitrogens with one attached hydrogen (secondary N) is 1. The summed E-state index contributed by atoms with van der Waals surface area (Å²) in [6.07, 6.45) is 1.65. The molecule has 5 heteroatoms. The molecule has 0 aromatic heterocycles. The van der Waals surface area contributed by atoms with Crippen molar-refractivity contribution < 1.29 is 0 Å². The highest BCUT2D eigenvalue weighted by Crippen LogP contribution is 2.24. The van der Waals surface area contributed by atoms with Crippen molar-refractivity contribution >= 4 is 17.5 Å². The van der Waals surface area contributed by atoms with Crippen LogP contribution in [0.15, 0.2) is 12.3 Å². The predicted octanol–water partition coefficient (Wildman–Crippen LogP) is 1.15. The maximum Gasteiger partial charge on any atom is 0.199 e. The number of hydrogen-bond donors (Lipinski definition) is 2. The zero-order valence-corrected chi connectivity index (χ0v) is 6.26. The van der Waals surface area contributed by atoms with E-state index in [9.17, 15) is 0 Å². The molecule has 3 N–H and O–H groups in total. The van der Waals surface area contributed by atoms with Crippen molar-refractivity contribution in [2.75, 3.05) is 5.73 Å². The number of halogens is 1. The van der Waals surface area contributed by atoms with Crippen LogP contribution in [-0.4, -0.2) is 15.0 Å². The van der Waals surface area contributed by atoms with Crippen LogP contribution in [0.2, 0.25) is 5.15 Å². The highest BCUT2D eigenvalue weighted by atomic mass is 35.5. The lowest BCUT2D eigenvalue weighted by Crippen LogP contribution is -1.97. The lowest BCUT2D eigenvalue weighted by Gasteiger charge is -2.00. The molecule has 4 nitrogen and oxygen atoms in total. The third-order valence-electron chi connectivity index (χ3n) is 1.38. The summed E-state index contributed by atoms with van der Waals surface area (Å²) in [5, 5.41) is 0.334. The maximum absolute atomic E-state index is 5.73. The van der Waals surface area contributed by atoms with E-state index in [0.29, 0.717) is 16.8 Å². The minimum absolute atomic E-state index is 0.301. The first-order valence-corrected chi connectivity index (χ1v) is 3.41. The number of nitrogens with two attached hydrogens (primary N) is 1. The lowest BCUT2D eigenvalue weighted by atomic mass is 10.3. The number of anilines is 1. The first kappa shape index (κ1) is 6.42. The standard InChI is InChI=1S/C6H5ClN4/c7-5-4-3(1-2-9-4)10-6(8)11-5/h1-2H,(H3,8,10,11). The first-order chi connectivity index (χ1) is 5.27. The molecule has 0 aromatic rings. The topological polar surface area (TPSA) is 67.6 Å². The summed E-state index contributed by atoms with van der Waals surface area (Å²) in [5.74, 6) is 0.301. The molecule has 11 heavy (non-hydrogen) atoms. The Bertz CT molecular complexity index is 356. The quantitative estimate of drug-likeness (QED) is 0.580. The van der Waals surface area contributed by atoms with E-state index in [-0.39, 0.29) is 0 Å². The van der Waals surface area contributed by atoms with Gasteiger partial charge >= 0.3 is 0 Å². The molecule has 0 radical (unpaired) electrons. The molecule has 0 saturated heterocycles. The molecule has 0 aliphatic carbocycles. The van der Waals surface area contributed by atoms with Crippen molar-refractivity contribution in [3.8, 4) is 11.4 Å². The Labute approximate surface area is 67.8 Å². The number of aromatic amines is 1. The van der Waals surface area contributed by atoms with Gasteiger partial charge in [0.15, 0.2) is 11.1 Å². The second-order valence-electron chi connectivity index (χ2n) is 2.12. The fourth-order valence-corrected chi connectivity index (χ4v) is 1.17. The van der Waals surface area contributed by atoms with Crippen LogP contribution in [0, 0.1) is 0 Å². The predicted molar refractivity (Wildman–Crippen MR) is 42.4 cm³/mol. The molecule has 2 rings (SSSR count). The highest BCUT2D eigenvalue weighted by molar-refractivity contribution is 6.31. The van der Waals surface area contributed by atoms with E-state index < -0.39 is 0 Å². The molecule has 0 fully saturated rings. The van der Waals surface area contributed by atoms with Gasteiger partial charge in [0.25, 0.3) is 0 Å². The molecule has 0 unspecified atom stereocenters. The molecule has 0 atom stereocenters. The summed E-state index contributed by atoms with van der Waals surface area (Å²) < 4.78 is 0. The van der Waals surface area contributed by atoms with Crippen molar-refractivity contribution in [1.29, 1.82) is 0 Å². The summed E-state index contributed by atoms with van der Waals surface area (Å²) in [5.41, 5.74) is 6.87. The molecular formula is C6H5ClN4. The van der Waals surface area contributed by atoms with Crippen molar-refractivity contribution in [2.24, 2.45) is 0 Å². The Morgan fingerprint density at radius 1 is 1.55 bits per heavy atom. The third kappa shape index (κ3) is 0.914. The number of nitrogen functional groups attached to an aromatic ring is 1. The SMILES string of the molecule is Nc1nc(Cl)c2nccc-2[nH]1. The average molecular weight is 169 g/mol. The maximum atomic E-state index is 5.73. The monoisotopic (exact) mass is 168 g/mol. The number of H-pyrrole nitrogens is 1. The van der Waals surface area contributed by atoms with E-state index in [0.717, 1.165) is 5.69 Å². The number of hydrogen-bond acceptors (Lipinski definition) is 3. The molecule has 0 saturated carbocycles. The van der Waals surface area contributed by atoms with Crippen LogP contribution >= 0.6 is 11.6 Å². The molecule has 2 aliphatic rings. The number of rotatable bonds is 0. The van der Waals surface area contributed by atoms with E-state index in [1.54, 1.807) is 12.3 Å². The zero-order chi connectivity index (χ0) is 7.84. The third-order valence-corrected chi connectivity index (χ3v) is 1.64. The molecule has 0 spiro atoms. The van der Waals surface area contributed by atoms with Crippen LogP contribution in [0.25, 0.3) is 11.4 Å². The van der Waals surface area contributed by atoms with Crippen LogP contribution in [0.5, 0.6) is 0 Å². The van der Waals surface area contributed by atoms with Gasteiger partial charge in [-0.1, -0.05) is 11.6 Å². The minimum atomic E-state index is 0.301. The Kier molecular flexibility index (Phi) is 1.22. The van der Waals surface area contributed by atoms with Gasteiger partial charge in [0.05, 0.1) is 5.69 Å². The fourth-order valence-electron chi connectivity index (χ4n) is 0.925. The summed E-state index contributed by atoms with van der Waals surface area (Å²) in [6, 6.07) is 1.79. The van der Waals surface area contributed by atoms with Crippen LogP contribution in [0.3, 0.4) is 0 Å². The summed E-state index contributed by atoms with van der Waals surface area (Å²) in [6.45, 7) is 0. The van der Waals surface area contributed by atoms with Gasteiger partial charge < -0.3 is 10.7 Å². The van der Waals surface area contributed by atoms with E-state index in [4.69, 9.17) is 17.3 Å². The molecule has 56 valence electrons. The molecule has 0 amide bonds. The van der Waals surface area contributed by atoms with Crippen molar-refractivity contribution in [2.45, 2.75) is 0 Å². The van der Waals surface area contributed by atoms with Crippen LogP contribution in [0.1, 0.15) is 0 Å². The zero-order valence-electron chi connectivity index (χ0n) is 5.50. The number of fused-ring (bicyclic) bond motifs is 1. The Morgan fingerprint density at radius 2 is 2.36 bits per heavy atom. The van der Waals surface area contributed by atoms with Gasteiger partial charge in [0, 0.05) is 6.20 Å². The van der Waals surface area contributed by atoms with E-state index in [1.165, 1.54) is 0 Å². The van der Waals surface area contributed by atoms with Gasteiger partial charge in [0.2, 0.25) is 0 Å². The Hall–Kier alpha value is -1.29. The second-order valence-corrected chi connectivity index (χ2v) is 2.48. The van der Waals surface area contributed by atoms with Gasteiger partial charge in [-0.2, -0.15) is 0 Å². The lowest BCUT2D eigenvalue weighted by molar-refractivity contribution is 1.17. The molecule has 2 aliphatic heterocycles. The summed E-state index contributed by atoms with van der Waals surface area (Å²) in [4.78, 5) is 10.6. The van der Waals surface area contributed by atoms with Crippen molar-refractivity contribution in [1.82, 2.24) is 15.0 Å². The second kappa shape index (κ2) is 2.10. The molecule has 0 aromatic carbocycles. The largest absolute Gasteiger partial charge is 0.369 e. The number of aromatic nitrogens is 3. The number of nitrogens with zero attached hydrogens (tertiary/aromatic N) is 2. The van der Waals surface area contributed by atoms with Crippen LogP contribution < -0.4 is 5.73 Å². The van der Waals surface area contributed by atoms with E-state index in [2.05, 4.69) is 15.0 Å². The van der Waals surface area contributed by atoms with Crippen molar-refractivity contribution in [3.05, 3.63) is 17.4 Å². The Balaban J connectivity index is 2.79. The first-order valence-electron chi connectivity index (χ1n) is 3.03. The van der Waals surface area contributed by atoms with Gasteiger partial charge in [-0.25, -0.2) is 4.98 Å². The average Bonchev–Trinajstić information content (AvgIpc) is 2.34. The summed E-state index contributed by atoms with van der Waals surface area (Å²) >= 11 is 5.73. The highest BCUT2D eigenvalue weighted by Gasteiger charge is 2.09. The molecule has 0 bridgehead atoms. The van der Waals surface area contributed by atoms with Gasteiger partial charge in [-0.05, 0) is 6.07 Å². The molecule has 2 heterocycles. The normalized spacial score (nSPS) is 10.6. The van der Waals surface area contributed by atoms with Crippen LogP contribution in [0.4, 0.5) is 5.95 Å². The van der Waals surface area contributed by atoms with Crippen molar-refractivity contribution in [3.63, 3.8) is 0 Å². The fraction of sp³-hybridized carbons (Fsp3) is 0. The molecular weight excluding hydrogens is 164 g/mol. The summed E-state index contributed by atoms with van der Waals surface area (Å²) in [7, 11) is 0. The smallest absolute Gasteiger partial charge is 0.199 e. The van der Waals surface area contributed by atoms with Gasteiger partial charge in [-0.3, -0.25) is 4.98 Å². The minimum Gasteiger partial charge on any atom is -0.369 e. The van der Waals surface area contributed by atoms with E-state index >= 15 is 0 Å². The van der Waals surface area contributed by atoms with Crippen LogP contribution in [-0.2, 0) is 0 Å². The van der Waals surface area contributed by atoms with Gasteiger partial charge in [-0.15, -0.1) is 0 Å². The van der Waals surface area contributed by atoms with E-state index in [1.807, 2.05) is 0 Å². The Morgan fingerprint density at radius 3 is 3.18 bits per heavy atom. The van der Waals surface area contributed by atoms with Gasteiger partial charge in [0.1, 0.15) is 5.69 Å².